The van der Waals surface area contributed by atoms with Crippen LogP contribution in [0, 0.1) is 0 Å². The molecule has 1 heterocycles. The van der Waals surface area contributed by atoms with Crippen LogP contribution in [-0.4, -0.2) is 23.6 Å². The minimum absolute atomic E-state index is 0.705. The topological polar surface area (TPSA) is 21.1 Å². The molecule has 0 atom stereocenters. The second kappa shape index (κ2) is 6.85. The highest BCUT2D eigenvalue weighted by Gasteiger charge is 2.13. The summed E-state index contributed by atoms with van der Waals surface area (Å²) < 4.78 is 2.26. The summed E-state index contributed by atoms with van der Waals surface area (Å²) in [5, 5.41) is 0.705. The first kappa shape index (κ1) is 16.7. The van der Waals surface area contributed by atoms with Gasteiger partial charge in [0.25, 0.3) is 0 Å². The van der Waals surface area contributed by atoms with E-state index in [1.165, 1.54) is 11.3 Å². The molecule has 0 spiro atoms. The molecule has 3 aromatic carbocycles. The molecule has 0 aliphatic heterocycles. The van der Waals surface area contributed by atoms with E-state index in [2.05, 4.69) is 58.0 Å². The molecule has 130 valence electrons. The predicted octanol–water partition coefficient (Wildman–Crippen LogP) is 5.47. The van der Waals surface area contributed by atoms with Gasteiger partial charge in [0, 0.05) is 36.9 Å². The molecule has 0 bridgehead atoms. The second-order valence-electron chi connectivity index (χ2n) is 6.58. The Labute approximate surface area is 158 Å². The minimum atomic E-state index is 0.705. The SMILES string of the molecule is CN(C)c1ccc(-c2nc3cc(Cl)ccc3n2Cc2ccccc2)cc1. The number of hydrogen-bond donors (Lipinski definition) is 0. The van der Waals surface area contributed by atoms with Crippen LogP contribution >= 0.6 is 11.6 Å². The van der Waals surface area contributed by atoms with E-state index in [9.17, 15) is 0 Å². The average molecular weight is 362 g/mol. The van der Waals surface area contributed by atoms with Crippen LogP contribution in [-0.2, 0) is 6.54 Å². The van der Waals surface area contributed by atoms with Crippen LogP contribution in [0.15, 0.2) is 72.8 Å². The van der Waals surface area contributed by atoms with Gasteiger partial charge >= 0.3 is 0 Å². The van der Waals surface area contributed by atoms with Crippen molar-refractivity contribution in [3.05, 3.63) is 83.4 Å². The Kier molecular flexibility index (Phi) is 4.39. The summed E-state index contributed by atoms with van der Waals surface area (Å²) in [7, 11) is 4.09. The molecule has 0 unspecified atom stereocenters. The Hall–Kier alpha value is -2.78. The average Bonchev–Trinajstić information content (AvgIpc) is 3.00. The van der Waals surface area contributed by atoms with Gasteiger partial charge in [0.2, 0.25) is 0 Å². The van der Waals surface area contributed by atoms with E-state index in [1.54, 1.807) is 0 Å². The highest BCUT2D eigenvalue weighted by atomic mass is 35.5. The molecule has 0 fully saturated rings. The second-order valence-corrected chi connectivity index (χ2v) is 7.02. The summed E-state index contributed by atoms with van der Waals surface area (Å²) in [5.41, 5.74) is 5.51. The van der Waals surface area contributed by atoms with Crippen molar-refractivity contribution in [3.8, 4) is 11.4 Å². The molecule has 0 saturated heterocycles. The molecule has 4 rings (SSSR count). The molecule has 0 radical (unpaired) electrons. The zero-order valence-corrected chi connectivity index (χ0v) is 15.6. The van der Waals surface area contributed by atoms with Crippen LogP contribution in [0.1, 0.15) is 5.56 Å². The number of halogens is 1. The fourth-order valence-corrected chi connectivity index (χ4v) is 3.32. The van der Waals surface area contributed by atoms with E-state index in [-0.39, 0.29) is 0 Å². The number of fused-ring (bicyclic) bond motifs is 1. The van der Waals surface area contributed by atoms with Crippen molar-refractivity contribution >= 4 is 28.3 Å². The molecule has 4 heteroatoms. The summed E-state index contributed by atoms with van der Waals surface area (Å²) in [6, 6.07) is 24.8. The van der Waals surface area contributed by atoms with Crippen molar-refractivity contribution in [1.82, 2.24) is 9.55 Å². The Morgan fingerprint density at radius 1 is 0.923 bits per heavy atom. The fourth-order valence-electron chi connectivity index (χ4n) is 3.16. The first-order valence-electron chi connectivity index (χ1n) is 8.59. The van der Waals surface area contributed by atoms with Crippen molar-refractivity contribution in [3.63, 3.8) is 0 Å². The quantitative estimate of drug-likeness (QED) is 0.480. The molecule has 4 aromatic rings. The molecular weight excluding hydrogens is 342 g/mol. The van der Waals surface area contributed by atoms with Crippen LogP contribution in [0.5, 0.6) is 0 Å². The summed E-state index contributed by atoms with van der Waals surface area (Å²) in [5.74, 6) is 0.955. The molecular formula is C22H20ClN3. The number of hydrogen-bond acceptors (Lipinski definition) is 2. The lowest BCUT2D eigenvalue weighted by Gasteiger charge is -2.13. The zero-order chi connectivity index (χ0) is 18.1. The lowest BCUT2D eigenvalue weighted by molar-refractivity contribution is 0.834. The summed E-state index contributed by atoms with van der Waals surface area (Å²) >= 11 is 6.19. The van der Waals surface area contributed by atoms with Crippen molar-refractivity contribution in [2.45, 2.75) is 6.54 Å². The highest BCUT2D eigenvalue weighted by Crippen LogP contribution is 2.29. The predicted molar refractivity (Wildman–Crippen MR) is 110 cm³/mol. The van der Waals surface area contributed by atoms with E-state index in [1.807, 2.05) is 38.4 Å². The molecule has 0 N–H and O–H groups in total. The zero-order valence-electron chi connectivity index (χ0n) is 14.9. The summed E-state index contributed by atoms with van der Waals surface area (Å²) in [6.45, 7) is 0.768. The van der Waals surface area contributed by atoms with E-state index < -0.39 is 0 Å². The molecule has 0 saturated carbocycles. The maximum atomic E-state index is 6.19. The van der Waals surface area contributed by atoms with Gasteiger partial charge in [-0.1, -0.05) is 41.9 Å². The van der Waals surface area contributed by atoms with Crippen LogP contribution in [0.4, 0.5) is 5.69 Å². The Morgan fingerprint density at radius 2 is 1.65 bits per heavy atom. The van der Waals surface area contributed by atoms with Crippen LogP contribution in [0.25, 0.3) is 22.4 Å². The van der Waals surface area contributed by atoms with Gasteiger partial charge in [-0.05, 0) is 48.0 Å². The number of aromatic nitrogens is 2. The standard InChI is InChI=1S/C22H20ClN3/c1-25(2)19-11-8-17(9-12-19)22-24-20-14-18(23)10-13-21(20)26(22)15-16-6-4-3-5-7-16/h3-14H,15H2,1-2H3. The van der Waals surface area contributed by atoms with E-state index in [0.29, 0.717) is 5.02 Å². The third-order valence-electron chi connectivity index (χ3n) is 4.54. The number of anilines is 1. The summed E-state index contributed by atoms with van der Waals surface area (Å²) in [6.07, 6.45) is 0. The first-order chi connectivity index (χ1) is 12.6. The first-order valence-corrected chi connectivity index (χ1v) is 8.97. The van der Waals surface area contributed by atoms with Crippen molar-refractivity contribution in [2.24, 2.45) is 0 Å². The molecule has 26 heavy (non-hydrogen) atoms. The normalized spacial score (nSPS) is 11.0. The van der Waals surface area contributed by atoms with E-state index >= 15 is 0 Å². The largest absolute Gasteiger partial charge is 0.378 e. The van der Waals surface area contributed by atoms with Crippen molar-refractivity contribution in [1.29, 1.82) is 0 Å². The van der Waals surface area contributed by atoms with Gasteiger partial charge in [-0.2, -0.15) is 0 Å². The Bertz CT molecular complexity index is 1030. The van der Waals surface area contributed by atoms with Gasteiger partial charge < -0.3 is 9.47 Å². The Balaban J connectivity index is 1.85. The molecule has 0 aliphatic carbocycles. The maximum absolute atomic E-state index is 6.19. The van der Waals surface area contributed by atoms with Crippen LogP contribution < -0.4 is 4.90 Å². The molecule has 0 amide bonds. The van der Waals surface area contributed by atoms with Gasteiger partial charge in [0.1, 0.15) is 5.82 Å². The highest BCUT2D eigenvalue weighted by molar-refractivity contribution is 6.31. The minimum Gasteiger partial charge on any atom is -0.378 e. The number of rotatable bonds is 4. The monoisotopic (exact) mass is 361 g/mol. The molecule has 0 aliphatic rings. The van der Waals surface area contributed by atoms with E-state index in [0.717, 1.165) is 29.0 Å². The van der Waals surface area contributed by atoms with E-state index in [4.69, 9.17) is 16.6 Å². The van der Waals surface area contributed by atoms with Crippen LogP contribution in [0.2, 0.25) is 5.02 Å². The van der Waals surface area contributed by atoms with Gasteiger partial charge in [-0.25, -0.2) is 4.98 Å². The van der Waals surface area contributed by atoms with Gasteiger partial charge in [0.05, 0.1) is 11.0 Å². The number of imidazole rings is 1. The van der Waals surface area contributed by atoms with Crippen molar-refractivity contribution < 1.29 is 0 Å². The van der Waals surface area contributed by atoms with Crippen molar-refractivity contribution in [2.75, 3.05) is 19.0 Å². The lowest BCUT2D eigenvalue weighted by atomic mass is 10.1. The van der Waals surface area contributed by atoms with Gasteiger partial charge in [0.15, 0.2) is 0 Å². The van der Waals surface area contributed by atoms with Gasteiger partial charge in [-0.15, -0.1) is 0 Å². The third kappa shape index (κ3) is 3.18. The number of benzene rings is 3. The lowest BCUT2D eigenvalue weighted by Crippen LogP contribution is -2.08. The maximum Gasteiger partial charge on any atom is 0.141 e. The summed E-state index contributed by atoms with van der Waals surface area (Å²) in [4.78, 5) is 6.97. The molecule has 3 nitrogen and oxygen atoms in total. The van der Waals surface area contributed by atoms with Crippen LogP contribution in [0.3, 0.4) is 0 Å². The third-order valence-corrected chi connectivity index (χ3v) is 4.77. The molecule has 1 aromatic heterocycles. The fraction of sp³-hybridized carbons (Fsp3) is 0.136. The van der Waals surface area contributed by atoms with Gasteiger partial charge in [-0.3, -0.25) is 0 Å². The Morgan fingerprint density at radius 3 is 2.35 bits per heavy atom. The smallest absolute Gasteiger partial charge is 0.141 e. The number of nitrogens with zero attached hydrogens (tertiary/aromatic N) is 3.